The van der Waals surface area contributed by atoms with E-state index < -0.39 is 12.0 Å². The van der Waals surface area contributed by atoms with Crippen LogP contribution in [0.3, 0.4) is 0 Å². The van der Waals surface area contributed by atoms with Gasteiger partial charge in [-0.25, -0.2) is 9.78 Å². The van der Waals surface area contributed by atoms with Crippen LogP contribution in [0.4, 0.5) is 0 Å². The summed E-state index contributed by atoms with van der Waals surface area (Å²) in [4.78, 5) is 32.6. The van der Waals surface area contributed by atoms with Crippen LogP contribution in [0, 0.1) is 6.92 Å². The predicted octanol–water partition coefficient (Wildman–Crippen LogP) is 0.427. The SMILES string of the molecule is Cc1cnc(C(=O)N2CCSCC2C(=O)O)cn1. The molecule has 2 rings (SSSR count). The predicted molar refractivity (Wildman–Crippen MR) is 66.6 cm³/mol. The fourth-order valence-corrected chi connectivity index (χ4v) is 2.74. The lowest BCUT2D eigenvalue weighted by Crippen LogP contribution is -2.50. The molecule has 0 aromatic carbocycles. The van der Waals surface area contributed by atoms with Crippen molar-refractivity contribution >= 4 is 23.6 Å². The molecule has 0 radical (unpaired) electrons. The highest BCUT2D eigenvalue weighted by Crippen LogP contribution is 2.18. The average molecular weight is 267 g/mol. The average Bonchev–Trinajstić information content (AvgIpc) is 2.39. The number of carbonyl (C=O) groups is 2. The molecule has 0 aliphatic carbocycles. The minimum absolute atomic E-state index is 0.193. The maximum Gasteiger partial charge on any atom is 0.327 e. The van der Waals surface area contributed by atoms with Crippen LogP contribution in [0.1, 0.15) is 16.2 Å². The Morgan fingerprint density at radius 2 is 2.22 bits per heavy atom. The lowest BCUT2D eigenvalue weighted by Gasteiger charge is -2.32. The van der Waals surface area contributed by atoms with E-state index >= 15 is 0 Å². The van der Waals surface area contributed by atoms with Crippen molar-refractivity contribution in [1.82, 2.24) is 14.9 Å². The summed E-state index contributed by atoms with van der Waals surface area (Å²) < 4.78 is 0. The summed E-state index contributed by atoms with van der Waals surface area (Å²) in [5.74, 6) is -0.180. The number of hydrogen-bond donors (Lipinski definition) is 1. The summed E-state index contributed by atoms with van der Waals surface area (Å²) in [5, 5.41) is 9.11. The van der Waals surface area contributed by atoms with Gasteiger partial charge < -0.3 is 10.0 Å². The normalized spacial score (nSPS) is 19.6. The molecule has 0 bridgehead atoms. The molecule has 6 nitrogen and oxygen atoms in total. The zero-order valence-electron chi connectivity index (χ0n) is 9.87. The maximum atomic E-state index is 12.2. The highest BCUT2D eigenvalue weighted by molar-refractivity contribution is 7.99. The molecule has 18 heavy (non-hydrogen) atoms. The van der Waals surface area contributed by atoms with E-state index in [1.807, 2.05) is 0 Å². The van der Waals surface area contributed by atoms with E-state index in [1.165, 1.54) is 29.1 Å². The summed E-state index contributed by atoms with van der Waals surface area (Å²) in [5.41, 5.74) is 0.911. The van der Waals surface area contributed by atoms with Crippen LogP contribution in [-0.4, -0.2) is 55.9 Å². The van der Waals surface area contributed by atoms with Crippen molar-refractivity contribution in [3.8, 4) is 0 Å². The number of thioether (sulfide) groups is 1. The van der Waals surface area contributed by atoms with Crippen molar-refractivity contribution in [2.45, 2.75) is 13.0 Å². The van der Waals surface area contributed by atoms with Gasteiger partial charge in [0.05, 0.1) is 11.9 Å². The summed E-state index contributed by atoms with van der Waals surface area (Å²) in [6.45, 7) is 2.20. The van der Waals surface area contributed by atoms with Gasteiger partial charge >= 0.3 is 5.97 Å². The first-order chi connectivity index (χ1) is 8.59. The third kappa shape index (κ3) is 2.61. The van der Waals surface area contributed by atoms with Crippen molar-refractivity contribution in [2.75, 3.05) is 18.1 Å². The van der Waals surface area contributed by atoms with Crippen LogP contribution in [-0.2, 0) is 4.79 Å². The molecule has 0 saturated carbocycles. The van der Waals surface area contributed by atoms with Crippen LogP contribution < -0.4 is 0 Å². The zero-order chi connectivity index (χ0) is 13.1. The van der Waals surface area contributed by atoms with Crippen LogP contribution >= 0.6 is 11.8 Å². The fourth-order valence-electron chi connectivity index (χ4n) is 1.70. The number of hydrogen-bond acceptors (Lipinski definition) is 5. The standard InChI is InChI=1S/C11H13N3O3S/c1-7-4-13-8(5-12-7)10(15)14-2-3-18-6-9(14)11(16)17/h4-5,9H,2-3,6H2,1H3,(H,16,17). The lowest BCUT2D eigenvalue weighted by molar-refractivity contribution is -0.141. The largest absolute Gasteiger partial charge is 0.480 e. The van der Waals surface area contributed by atoms with Gasteiger partial charge in [0.25, 0.3) is 5.91 Å². The summed E-state index contributed by atoms with van der Waals surface area (Å²) in [6.07, 6.45) is 2.89. The molecular formula is C11H13N3O3S. The van der Waals surface area contributed by atoms with Gasteiger partial charge in [0.1, 0.15) is 11.7 Å². The Labute approximate surface area is 108 Å². The van der Waals surface area contributed by atoms with E-state index in [1.54, 1.807) is 6.92 Å². The highest BCUT2D eigenvalue weighted by Gasteiger charge is 2.33. The molecule has 7 heteroatoms. The maximum absolute atomic E-state index is 12.2. The number of nitrogens with zero attached hydrogens (tertiary/aromatic N) is 3. The summed E-state index contributed by atoms with van der Waals surface area (Å²) >= 11 is 1.54. The Morgan fingerprint density at radius 1 is 1.44 bits per heavy atom. The van der Waals surface area contributed by atoms with Gasteiger partial charge in [-0.2, -0.15) is 11.8 Å². The molecule has 1 atom stereocenters. The fraction of sp³-hybridized carbons (Fsp3) is 0.455. The minimum atomic E-state index is -0.976. The molecule has 1 unspecified atom stereocenters. The van der Waals surface area contributed by atoms with Gasteiger partial charge in [0.2, 0.25) is 0 Å². The number of carbonyl (C=O) groups excluding carboxylic acids is 1. The van der Waals surface area contributed by atoms with Gasteiger partial charge in [-0.05, 0) is 6.92 Å². The van der Waals surface area contributed by atoms with E-state index in [0.717, 1.165) is 11.4 Å². The molecule has 0 spiro atoms. The Kier molecular flexibility index (Phi) is 3.81. The lowest BCUT2D eigenvalue weighted by atomic mass is 10.2. The first kappa shape index (κ1) is 12.8. The van der Waals surface area contributed by atoms with Gasteiger partial charge in [-0.3, -0.25) is 9.78 Å². The number of carboxylic acid groups (broad SMARTS) is 1. The number of carboxylic acids is 1. The van der Waals surface area contributed by atoms with E-state index in [2.05, 4.69) is 9.97 Å². The molecule has 1 aromatic rings. The first-order valence-electron chi connectivity index (χ1n) is 5.50. The van der Waals surface area contributed by atoms with Gasteiger partial charge in [0, 0.05) is 24.2 Å². The number of aromatic nitrogens is 2. The van der Waals surface area contributed by atoms with E-state index in [9.17, 15) is 9.59 Å². The van der Waals surface area contributed by atoms with Crippen molar-refractivity contribution in [2.24, 2.45) is 0 Å². The Bertz CT molecular complexity index is 463. The molecule has 96 valence electrons. The molecule has 1 amide bonds. The molecule has 1 N–H and O–H groups in total. The molecule has 1 aliphatic heterocycles. The van der Waals surface area contributed by atoms with E-state index in [0.29, 0.717) is 12.3 Å². The minimum Gasteiger partial charge on any atom is -0.480 e. The number of amides is 1. The number of aryl methyl sites for hydroxylation is 1. The molecule has 1 aliphatic rings. The van der Waals surface area contributed by atoms with Crippen molar-refractivity contribution < 1.29 is 14.7 Å². The smallest absolute Gasteiger partial charge is 0.327 e. The van der Waals surface area contributed by atoms with Crippen LogP contribution in [0.2, 0.25) is 0 Å². The number of rotatable bonds is 2. The van der Waals surface area contributed by atoms with Gasteiger partial charge in [-0.1, -0.05) is 0 Å². The first-order valence-corrected chi connectivity index (χ1v) is 6.65. The van der Waals surface area contributed by atoms with Gasteiger partial charge in [0.15, 0.2) is 0 Å². The Hall–Kier alpha value is -1.63. The molecule has 2 heterocycles. The quantitative estimate of drug-likeness (QED) is 0.836. The van der Waals surface area contributed by atoms with Crippen molar-refractivity contribution in [3.63, 3.8) is 0 Å². The Morgan fingerprint density at radius 3 is 2.83 bits per heavy atom. The molecule has 1 fully saturated rings. The van der Waals surface area contributed by atoms with Crippen molar-refractivity contribution in [1.29, 1.82) is 0 Å². The molecular weight excluding hydrogens is 254 g/mol. The van der Waals surface area contributed by atoms with E-state index in [4.69, 9.17) is 5.11 Å². The number of aliphatic carboxylic acids is 1. The monoisotopic (exact) mass is 267 g/mol. The summed E-state index contributed by atoms with van der Waals surface area (Å²) in [6, 6.07) is -0.778. The second-order valence-electron chi connectivity index (χ2n) is 3.97. The van der Waals surface area contributed by atoms with Gasteiger partial charge in [-0.15, -0.1) is 0 Å². The Balaban J connectivity index is 2.20. The van der Waals surface area contributed by atoms with Crippen molar-refractivity contribution in [3.05, 3.63) is 23.8 Å². The zero-order valence-corrected chi connectivity index (χ0v) is 10.7. The summed E-state index contributed by atoms with van der Waals surface area (Å²) in [7, 11) is 0. The third-order valence-electron chi connectivity index (χ3n) is 2.67. The van der Waals surface area contributed by atoms with Crippen LogP contribution in [0.25, 0.3) is 0 Å². The third-order valence-corrected chi connectivity index (χ3v) is 3.70. The molecule has 1 aromatic heterocycles. The second kappa shape index (κ2) is 5.34. The second-order valence-corrected chi connectivity index (χ2v) is 5.12. The molecule has 1 saturated heterocycles. The van der Waals surface area contributed by atoms with Crippen LogP contribution in [0.5, 0.6) is 0 Å². The highest BCUT2D eigenvalue weighted by atomic mass is 32.2. The van der Waals surface area contributed by atoms with E-state index in [-0.39, 0.29) is 11.6 Å². The van der Waals surface area contributed by atoms with Crippen LogP contribution in [0.15, 0.2) is 12.4 Å². The topological polar surface area (TPSA) is 83.4 Å².